The van der Waals surface area contributed by atoms with Crippen LogP contribution in [0.1, 0.15) is 21.8 Å². The van der Waals surface area contributed by atoms with E-state index in [1.807, 2.05) is 12.1 Å². The van der Waals surface area contributed by atoms with E-state index >= 15 is 0 Å². The Balaban J connectivity index is 1.75. The summed E-state index contributed by atoms with van der Waals surface area (Å²) < 4.78 is 0. The van der Waals surface area contributed by atoms with Gasteiger partial charge in [0.15, 0.2) is 0 Å². The van der Waals surface area contributed by atoms with Crippen LogP contribution in [0.2, 0.25) is 15.1 Å². The molecule has 3 nitrogen and oxygen atoms in total. The van der Waals surface area contributed by atoms with Crippen LogP contribution in [0.5, 0.6) is 0 Å². The minimum atomic E-state index is -0.111. The molecule has 3 rings (SSSR count). The molecule has 2 aromatic rings. The molecule has 1 fully saturated rings. The molecule has 2 atom stereocenters. The summed E-state index contributed by atoms with van der Waals surface area (Å²) in [6.45, 7) is 1.49. The van der Waals surface area contributed by atoms with Crippen LogP contribution in [0, 0.1) is 0 Å². The van der Waals surface area contributed by atoms with Gasteiger partial charge in [-0.1, -0.05) is 40.9 Å². The molecule has 23 heavy (non-hydrogen) atoms. The topological polar surface area (TPSA) is 41.1 Å². The lowest BCUT2D eigenvalue weighted by molar-refractivity contribution is 0.0937. The highest BCUT2D eigenvalue weighted by Crippen LogP contribution is 2.29. The van der Waals surface area contributed by atoms with Crippen LogP contribution in [-0.4, -0.2) is 25.0 Å². The van der Waals surface area contributed by atoms with E-state index < -0.39 is 0 Å². The highest BCUT2D eigenvalue weighted by molar-refractivity contribution is 6.42. The average molecular weight is 370 g/mol. The molecule has 0 unspecified atom stereocenters. The van der Waals surface area contributed by atoms with Crippen LogP contribution in [-0.2, 0) is 0 Å². The Morgan fingerprint density at radius 2 is 1.74 bits per heavy atom. The van der Waals surface area contributed by atoms with Crippen molar-refractivity contribution in [2.24, 2.45) is 0 Å². The van der Waals surface area contributed by atoms with E-state index in [1.165, 1.54) is 0 Å². The summed E-state index contributed by atoms with van der Waals surface area (Å²) in [5, 5.41) is 8.05. The number of nitrogens with one attached hydrogen (secondary N) is 2. The Bertz CT molecular complexity index is 718. The fourth-order valence-electron chi connectivity index (χ4n) is 2.78. The van der Waals surface area contributed by atoms with E-state index in [0.29, 0.717) is 27.2 Å². The van der Waals surface area contributed by atoms with Gasteiger partial charge in [0.05, 0.1) is 10.0 Å². The monoisotopic (exact) mass is 368 g/mol. The van der Waals surface area contributed by atoms with Crippen molar-refractivity contribution in [3.05, 3.63) is 68.7 Å². The Labute approximate surface area is 149 Å². The maximum absolute atomic E-state index is 12.4. The fraction of sp³-hybridized carbons (Fsp3) is 0.235. The van der Waals surface area contributed by atoms with Gasteiger partial charge in [0.2, 0.25) is 0 Å². The fourth-order valence-corrected chi connectivity index (χ4v) is 3.21. The number of carbonyl (C=O) groups excluding carboxylic acids is 1. The second-order valence-corrected chi connectivity index (χ2v) is 6.78. The largest absolute Gasteiger partial charge is 0.347 e. The van der Waals surface area contributed by atoms with Crippen molar-refractivity contribution in [1.29, 1.82) is 0 Å². The quantitative estimate of drug-likeness (QED) is 0.854. The van der Waals surface area contributed by atoms with Gasteiger partial charge in [0.25, 0.3) is 5.91 Å². The SMILES string of the molecule is O=C(N[C@@H]1CNC[C@H]1c1ccc(Cl)c(Cl)c1)c1ccc(Cl)cc1. The zero-order chi connectivity index (χ0) is 16.4. The third kappa shape index (κ3) is 3.81. The number of rotatable bonds is 3. The predicted octanol–water partition coefficient (Wildman–Crippen LogP) is 4.13. The number of hydrogen-bond donors (Lipinski definition) is 2. The summed E-state index contributed by atoms with van der Waals surface area (Å²) in [4.78, 5) is 12.4. The minimum absolute atomic E-state index is 0.00424. The zero-order valence-corrected chi connectivity index (χ0v) is 14.4. The third-order valence-corrected chi connectivity index (χ3v) is 5.00. The molecule has 0 radical (unpaired) electrons. The normalized spacial score (nSPS) is 20.5. The molecule has 1 aliphatic heterocycles. The minimum Gasteiger partial charge on any atom is -0.347 e. The first-order chi connectivity index (χ1) is 11.0. The molecule has 120 valence electrons. The maximum atomic E-state index is 12.4. The Morgan fingerprint density at radius 1 is 1.00 bits per heavy atom. The standard InChI is InChI=1S/C17H15Cl3N2O/c18-12-4-1-10(2-5-12)17(23)22-16-9-21-8-13(16)11-3-6-14(19)15(20)7-11/h1-7,13,16,21H,8-9H2,(H,22,23)/t13-,16+/m0/s1. The smallest absolute Gasteiger partial charge is 0.251 e. The van der Waals surface area contributed by atoms with Gasteiger partial charge in [-0.15, -0.1) is 0 Å². The van der Waals surface area contributed by atoms with E-state index in [4.69, 9.17) is 34.8 Å². The number of hydrogen-bond acceptors (Lipinski definition) is 2. The van der Waals surface area contributed by atoms with E-state index in [9.17, 15) is 4.79 Å². The lowest BCUT2D eigenvalue weighted by Gasteiger charge is -2.21. The molecule has 0 bridgehead atoms. The summed E-state index contributed by atoms with van der Waals surface area (Å²) in [6, 6.07) is 12.4. The molecule has 0 aliphatic carbocycles. The molecular formula is C17H15Cl3N2O. The van der Waals surface area contributed by atoms with Gasteiger partial charge in [-0.25, -0.2) is 0 Å². The second kappa shape index (κ2) is 7.10. The average Bonchev–Trinajstić information content (AvgIpc) is 2.99. The number of halogens is 3. The van der Waals surface area contributed by atoms with Crippen molar-refractivity contribution in [1.82, 2.24) is 10.6 Å². The van der Waals surface area contributed by atoms with Gasteiger partial charge in [0, 0.05) is 35.6 Å². The van der Waals surface area contributed by atoms with Crippen LogP contribution in [0.3, 0.4) is 0 Å². The first kappa shape index (κ1) is 16.6. The lowest BCUT2D eigenvalue weighted by atomic mass is 9.94. The molecule has 1 heterocycles. The summed E-state index contributed by atoms with van der Waals surface area (Å²) in [5.41, 5.74) is 1.65. The molecule has 0 saturated carbocycles. The van der Waals surface area contributed by atoms with E-state index in [-0.39, 0.29) is 17.9 Å². The van der Waals surface area contributed by atoms with Crippen molar-refractivity contribution in [2.75, 3.05) is 13.1 Å². The van der Waals surface area contributed by atoms with Crippen molar-refractivity contribution >= 4 is 40.7 Å². The highest BCUT2D eigenvalue weighted by Gasteiger charge is 2.30. The second-order valence-electron chi connectivity index (χ2n) is 5.53. The molecule has 0 aromatic heterocycles. The maximum Gasteiger partial charge on any atom is 0.251 e. The van der Waals surface area contributed by atoms with Crippen LogP contribution < -0.4 is 10.6 Å². The van der Waals surface area contributed by atoms with Crippen LogP contribution in [0.25, 0.3) is 0 Å². The number of carbonyl (C=O) groups is 1. The molecule has 2 aromatic carbocycles. The number of benzene rings is 2. The van der Waals surface area contributed by atoms with E-state index in [2.05, 4.69) is 10.6 Å². The number of amides is 1. The molecule has 1 saturated heterocycles. The van der Waals surface area contributed by atoms with Gasteiger partial charge < -0.3 is 10.6 Å². The molecule has 0 spiro atoms. The van der Waals surface area contributed by atoms with E-state index in [0.717, 1.165) is 12.1 Å². The first-order valence-corrected chi connectivity index (χ1v) is 8.40. The third-order valence-electron chi connectivity index (χ3n) is 4.01. The Morgan fingerprint density at radius 3 is 2.43 bits per heavy atom. The van der Waals surface area contributed by atoms with Gasteiger partial charge >= 0.3 is 0 Å². The molecule has 1 amide bonds. The van der Waals surface area contributed by atoms with Crippen molar-refractivity contribution < 1.29 is 4.79 Å². The van der Waals surface area contributed by atoms with Crippen molar-refractivity contribution in [3.8, 4) is 0 Å². The van der Waals surface area contributed by atoms with Crippen LogP contribution >= 0.6 is 34.8 Å². The van der Waals surface area contributed by atoms with Gasteiger partial charge in [-0.05, 0) is 42.0 Å². The van der Waals surface area contributed by atoms with Gasteiger partial charge in [0.1, 0.15) is 0 Å². The van der Waals surface area contributed by atoms with Gasteiger partial charge in [-0.2, -0.15) is 0 Å². The zero-order valence-electron chi connectivity index (χ0n) is 12.2. The highest BCUT2D eigenvalue weighted by atomic mass is 35.5. The summed E-state index contributed by atoms with van der Waals surface area (Å²) in [5.74, 6) is 0.0430. The van der Waals surface area contributed by atoms with E-state index in [1.54, 1.807) is 30.3 Å². The lowest BCUT2D eigenvalue weighted by Crippen LogP contribution is -2.39. The van der Waals surface area contributed by atoms with Crippen LogP contribution in [0.15, 0.2) is 42.5 Å². The summed E-state index contributed by atoms with van der Waals surface area (Å²) in [6.07, 6.45) is 0. The summed E-state index contributed by atoms with van der Waals surface area (Å²) >= 11 is 17.9. The Hall–Kier alpha value is -1.26. The Kier molecular flexibility index (Phi) is 5.12. The first-order valence-electron chi connectivity index (χ1n) is 7.26. The predicted molar refractivity (Wildman–Crippen MR) is 94.8 cm³/mol. The molecular weight excluding hydrogens is 355 g/mol. The summed E-state index contributed by atoms with van der Waals surface area (Å²) in [7, 11) is 0. The van der Waals surface area contributed by atoms with Crippen molar-refractivity contribution in [2.45, 2.75) is 12.0 Å². The molecule has 1 aliphatic rings. The van der Waals surface area contributed by atoms with Crippen LogP contribution in [0.4, 0.5) is 0 Å². The molecule has 6 heteroatoms. The van der Waals surface area contributed by atoms with Gasteiger partial charge in [-0.3, -0.25) is 4.79 Å². The molecule has 2 N–H and O–H groups in total. The van der Waals surface area contributed by atoms with Crippen molar-refractivity contribution in [3.63, 3.8) is 0 Å².